The van der Waals surface area contributed by atoms with Crippen LogP contribution in [0, 0.1) is 0 Å². The van der Waals surface area contributed by atoms with Crippen LogP contribution in [0.15, 0.2) is 65.5 Å². The first-order valence-corrected chi connectivity index (χ1v) is 10.5. The Labute approximate surface area is 177 Å². The zero-order valence-electron chi connectivity index (χ0n) is 15.9. The molecule has 146 valence electrons. The van der Waals surface area contributed by atoms with E-state index < -0.39 is 0 Å². The lowest BCUT2D eigenvalue weighted by Crippen LogP contribution is -2.46. The van der Waals surface area contributed by atoms with Gasteiger partial charge in [-0.3, -0.25) is 10.00 Å². The maximum Gasteiger partial charge on any atom is 0.187 e. The molecule has 4 aromatic rings. The summed E-state index contributed by atoms with van der Waals surface area (Å²) >= 11 is 3.53. The molecule has 1 N–H and O–H groups in total. The number of aromatic amines is 1. The third-order valence-electron chi connectivity index (χ3n) is 5.43. The van der Waals surface area contributed by atoms with Crippen molar-refractivity contribution in [1.82, 2.24) is 25.1 Å². The van der Waals surface area contributed by atoms with Gasteiger partial charge in [-0.05, 0) is 32.6 Å². The number of hydrogen-bond acceptors (Lipinski definition) is 5. The number of aromatic nitrogens is 4. The highest BCUT2D eigenvalue weighted by Gasteiger charge is 2.22. The van der Waals surface area contributed by atoms with Gasteiger partial charge in [-0.2, -0.15) is 5.10 Å². The van der Waals surface area contributed by atoms with E-state index in [1.165, 1.54) is 16.7 Å². The average molecular weight is 449 g/mol. The van der Waals surface area contributed by atoms with Gasteiger partial charge in [-0.1, -0.05) is 54.6 Å². The van der Waals surface area contributed by atoms with Crippen LogP contribution >= 0.6 is 15.9 Å². The van der Waals surface area contributed by atoms with E-state index >= 15 is 0 Å². The van der Waals surface area contributed by atoms with Gasteiger partial charge in [0.15, 0.2) is 5.65 Å². The number of hydrogen-bond donors (Lipinski definition) is 1. The molecule has 2 aromatic carbocycles. The molecule has 1 aliphatic heterocycles. The third-order valence-corrected chi connectivity index (χ3v) is 6.00. The van der Waals surface area contributed by atoms with Crippen molar-refractivity contribution < 1.29 is 0 Å². The first-order valence-electron chi connectivity index (χ1n) is 9.74. The molecule has 7 heteroatoms. The lowest BCUT2D eigenvalue weighted by molar-refractivity contribution is 0.249. The van der Waals surface area contributed by atoms with E-state index in [1.807, 2.05) is 0 Å². The fourth-order valence-corrected chi connectivity index (χ4v) is 4.30. The highest BCUT2D eigenvalue weighted by Crippen LogP contribution is 2.29. The van der Waals surface area contributed by atoms with Crippen molar-refractivity contribution in [2.24, 2.45) is 0 Å². The molecule has 0 atom stereocenters. The second-order valence-corrected chi connectivity index (χ2v) is 8.05. The molecule has 2 aromatic heterocycles. The number of nitrogens with zero attached hydrogens (tertiary/aromatic N) is 5. The van der Waals surface area contributed by atoms with Gasteiger partial charge in [-0.25, -0.2) is 9.97 Å². The van der Waals surface area contributed by atoms with Crippen LogP contribution in [0.1, 0.15) is 5.56 Å². The number of piperazine rings is 1. The summed E-state index contributed by atoms with van der Waals surface area (Å²) in [5.74, 6) is 0.947. The molecule has 0 amide bonds. The fraction of sp³-hybridized carbons (Fsp3) is 0.227. The summed E-state index contributed by atoms with van der Waals surface area (Å²) in [6.07, 6.45) is 1.59. The minimum absolute atomic E-state index is 0.697. The van der Waals surface area contributed by atoms with Gasteiger partial charge in [0, 0.05) is 32.7 Å². The maximum atomic E-state index is 4.52. The predicted octanol–water partition coefficient (Wildman–Crippen LogP) is 4.10. The Bertz CT molecular complexity index is 1100. The van der Waals surface area contributed by atoms with E-state index in [0.29, 0.717) is 5.65 Å². The molecule has 0 bridgehead atoms. The van der Waals surface area contributed by atoms with Gasteiger partial charge in [-0.15, -0.1) is 0 Å². The molecule has 0 aliphatic carbocycles. The Balaban J connectivity index is 1.24. The number of anilines is 1. The minimum atomic E-state index is 0.697. The Kier molecular flexibility index (Phi) is 4.99. The fourth-order valence-electron chi connectivity index (χ4n) is 3.86. The van der Waals surface area contributed by atoms with Crippen molar-refractivity contribution in [3.8, 4) is 11.1 Å². The Morgan fingerprint density at radius 1 is 0.862 bits per heavy atom. The van der Waals surface area contributed by atoms with Gasteiger partial charge in [0.2, 0.25) is 0 Å². The lowest BCUT2D eigenvalue weighted by atomic mass is 10.0. The van der Waals surface area contributed by atoms with Gasteiger partial charge >= 0.3 is 0 Å². The van der Waals surface area contributed by atoms with Gasteiger partial charge < -0.3 is 4.90 Å². The molecule has 0 spiro atoms. The summed E-state index contributed by atoms with van der Waals surface area (Å²) in [6, 6.07) is 19.4. The normalized spacial score (nSPS) is 15.1. The van der Waals surface area contributed by atoms with E-state index in [4.69, 9.17) is 0 Å². The summed E-state index contributed by atoms with van der Waals surface area (Å²) in [5, 5.41) is 8.11. The molecule has 1 saturated heterocycles. The zero-order valence-corrected chi connectivity index (χ0v) is 17.5. The van der Waals surface area contributed by atoms with Gasteiger partial charge in [0.25, 0.3) is 0 Å². The van der Waals surface area contributed by atoms with E-state index in [-0.39, 0.29) is 0 Å². The van der Waals surface area contributed by atoms with Crippen LogP contribution < -0.4 is 4.90 Å². The smallest absolute Gasteiger partial charge is 0.187 e. The molecular formula is C22H21BrN6. The van der Waals surface area contributed by atoms with E-state index in [1.54, 1.807) is 6.33 Å². The van der Waals surface area contributed by atoms with Crippen molar-refractivity contribution in [2.75, 3.05) is 31.1 Å². The van der Waals surface area contributed by atoms with Crippen molar-refractivity contribution in [1.29, 1.82) is 0 Å². The minimum Gasteiger partial charge on any atom is -0.353 e. The molecule has 1 fully saturated rings. The number of fused-ring (bicyclic) bond motifs is 1. The lowest BCUT2D eigenvalue weighted by Gasteiger charge is -2.35. The molecule has 0 unspecified atom stereocenters. The molecule has 3 heterocycles. The molecular weight excluding hydrogens is 428 g/mol. The molecule has 0 radical (unpaired) electrons. The van der Waals surface area contributed by atoms with Gasteiger partial charge in [0.05, 0.1) is 5.39 Å². The largest absolute Gasteiger partial charge is 0.353 e. The van der Waals surface area contributed by atoms with Crippen LogP contribution in [0.4, 0.5) is 5.82 Å². The number of benzene rings is 2. The topological polar surface area (TPSA) is 60.9 Å². The summed E-state index contributed by atoms with van der Waals surface area (Å²) < 4.78 is 0.837. The van der Waals surface area contributed by atoms with E-state index in [9.17, 15) is 0 Å². The van der Waals surface area contributed by atoms with E-state index in [0.717, 1.165) is 48.5 Å². The number of rotatable bonds is 4. The van der Waals surface area contributed by atoms with Crippen LogP contribution in [0.25, 0.3) is 22.2 Å². The average Bonchev–Trinajstić information content (AvgIpc) is 3.17. The van der Waals surface area contributed by atoms with Crippen molar-refractivity contribution in [2.45, 2.75) is 6.54 Å². The van der Waals surface area contributed by atoms with Crippen LogP contribution in [-0.2, 0) is 6.54 Å². The van der Waals surface area contributed by atoms with Crippen molar-refractivity contribution in [3.63, 3.8) is 0 Å². The monoisotopic (exact) mass is 448 g/mol. The number of H-pyrrole nitrogens is 1. The standard InChI is InChI=1S/C22H21BrN6/c23-20-19-21(27-26-20)24-15-25-22(19)29-12-10-28(11-13-29)14-16-6-8-18(9-7-16)17-4-2-1-3-5-17/h1-9,15H,10-14H2,(H,24,25,26,27). The molecule has 5 rings (SSSR count). The first kappa shape index (κ1) is 18.3. The third kappa shape index (κ3) is 3.75. The number of nitrogens with one attached hydrogen (secondary N) is 1. The van der Waals surface area contributed by atoms with Crippen molar-refractivity contribution in [3.05, 3.63) is 71.1 Å². The molecule has 29 heavy (non-hydrogen) atoms. The van der Waals surface area contributed by atoms with Crippen LogP contribution in [-0.4, -0.2) is 51.2 Å². The SMILES string of the molecule is Brc1[nH]nc2ncnc(N3CCN(Cc4ccc(-c5ccccc5)cc4)CC3)c12. The highest BCUT2D eigenvalue weighted by atomic mass is 79.9. The summed E-state index contributed by atoms with van der Waals surface area (Å²) in [4.78, 5) is 13.6. The van der Waals surface area contributed by atoms with Gasteiger partial charge in [0.1, 0.15) is 16.7 Å². The van der Waals surface area contributed by atoms with Crippen molar-refractivity contribution >= 4 is 32.8 Å². The molecule has 1 aliphatic rings. The van der Waals surface area contributed by atoms with Crippen LogP contribution in [0.2, 0.25) is 0 Å². The Morgan fingerprint density at radius 3 is 2.34 bits per heavy atom. The second-order valence-electron chi connectivity index (χ2n) is 7.26. The van der Waals surface area contributed by atoms with Crippen LogP contribution in [0.5, 0.6) is 0 Å². The first-order chi connectivity index (χ1) is 14.3. The maximum absolute atomic E-state index is 4.52. The summed E-state index contributed by atoms with van der Waals surface area (Å²) in [5.41, 5.74) is 4.56. The predicted molar refractivity (Wildman–Crippen MR) is 119 cm³/mol. The van der Waals surface area contributed by atoms with E-state index in [2.05, 4.69) is 100 Å². The quantitative estimate of drug-likeness (QED) is 0.508. The Morgan fingerprint density at radius 2 is 1.59 bits per heavy atom. The number of halogens is 1. The molecule has 6 nitrogen and oxygen atoms in total. The zero-order chi connectivity index (χ0) is 19.6. The second kappa shape index (κ2) is 7.93. The Hall–Kier alpha value is -2.77. The summed E-state index contributed by atoms with van der Waals surface area (Å²) in [6.45, 7) is 4.85. The molecule has 0 saturated carbocycles. The van der Waals surface area contributed by atoms with Crippen LogP contribution in [0.3, 0.4) is 0 Å². The highest BCUT2D eigenvalue weighted by molar-refractivity contribution is 9.10. The summed E-state index contributed by atoms with van der Waals surface area (Å²) in [7, 11) is 0.